The Balaban J connectivity index is 2.79. The fraction of sp³-hybridized carbons (Fsp3) is 0.176. The van der Waals surface area contributed by atoms with Crippen LogP contribution in [0.15, 0.2) is 36.4 Å². The molecule has 3 aromatic carbocycles. The Labute approximate surface area is 102 Å². The van der Waals surface area contributed by atoms with Gasteiger partial charge in [0.2, 0.25) is 0 Å². The zero-order chi connectivity index (χ0) is 12.0. The van der Waals surface area contributed by atoms with Gasteiger partial charge in [0, 0.05) is 0 Å². The van der Waals surface area contributed by atoms with E-state index in [4.69, 9.17) is 0 Å². The van der Waals surface area contributed by atoms with Crippen molar-refractivity contribution in [3.63, 3.8) is 0 Å². The highest BCUT2D eigenvalue weighted by Gasteiger charge is 2.08. The van der Waals surface area contributed by atoms with Crippen LogP contribution < -0.4 is 5.22 Å². The molecule has 0 N–H and O–H groups in total. The number of hydrogen-bond acceptors (Lipinski definition) is 0. The van der Waals surface area contributed by atoms with Crippen LogP contribution in [0.4, 0.5) is 0 Å². The van der Waals surface area contributed by atoms with Crippen molar-refractivity contribution in [2.75, 3.05) is 0 Å². The van der Waals surface area contributed by atoms with E-state index in [1.165, 1.54) is 37.9 Å². The maximum atomic E-state index is 2.23. The highest BCUT2D eigenvalue weighted by Crippen LogP contribution is 2.28. The molecule has 0 aliphatic rings. The van der Waals surface area contributed by atoms with E-state index < -0.39 is 0 Å². The molecular formula is C17H16. The largest absolute Gasteiger partial charge is 0.0795 e. The van der Waals surface area contributed by atoms with Gasteiger partial charge in [-0.05, 0) is 58.7 Å². The van der Waals surface area contributed by atoms with Crippen LogP contribution in [0.2, 0.25) is 0 Å². The van der Waals surface area contributed by atoms with Crippen LogP contribution in [0.3, 0.4) is 0 Å². The summed E-state index contributed by atoms with van der Waals surface area (Å²) in [6.45, 7) is 6.57. The SMILES string of the molecule is CC=c1c(C)c(C)c2cccc3cccc1c32. The van der Waals surface area contributed by atoms with Gasteiger partial charge in [-0.2, -0.15) is 0 Å². The third-order valence-electron chi connectivity index (χ3n) is 3.85. The molecule has 0 aromatic heterocycles. The highest BCUT2D eigenvalue weighted by atomic mass is 14.1. The molecule has 0 saturated heterocycles. The standard InChI is InChI=1S/C17H16/c1-4-14-11(2)12(3)15-9-5-7-13-8-6-10-16(14)17(13)15/h4-10H,1-3H3. The molecule has 0 saturated carbocycles. The second-order valence-corrected chi connectivity index (χ2v) is 4.66. The van der Waals surface area contributed by atoms with Crippen molar-refractivity contribution >= 4 is 27.6 Å². The molecule has 0 atom stereocenters. The van der Waals surface area contributed by atoms with E-state index in [0.29, 0.717) is 0 Å². The second kappa shape index (κ2) is 3.59. The Morgan fingerprint density at radius 3 is 2.12 bits per heavy atom. The van der Waals surface area contributed by atoms with Crippen molar-refractivity contribution in [1.82, 2.24) is 0 Å². The summed E-state index contributed by atoms with van der Waals surface area (Å²) in [6, 6.07) is 13.2. The van der Waals surface area contributed by atoms with Crippen molar-refractivity contribution in [1.29, 1.82) is 0 Å². The van der Waals surface area contributed by atoms with Crippen LogP contribution in [0, 0.1) is 13.8 Å². The molecule has 0 heterocycles. The molecule has 84 valence electrons. The lowest BCUT2D eigenvalue weighted by Crippen LogP contribution is -2.09. The van der Waals surface area contributed by atoms with E-state index in [9.17, 15) is 0 Å². The van der Waals surface area contributed by atoms with Gasteiger partial charge in [0.25, 0.3) is 0 Å². The molecule has 0 unspecified atom stereocenters. The molecular weight excluding hydrogens is 204 g/mol. The summed E-state index contributed by atoms with van der Waals surface area (Å²) in [7, 11) is 0. The summed E-state index contributed by atoms with van der Waals surface area (Å²) in [5.41, 5.74) is 2.81. The Morgan fingerprint density at radius 2 is 1.47 bits per heavy atom. The molecule has 0 fully saturated rings. The Hall–Kier alpha value is -1.82. The van der Waals surface area contributed by atoms with Crippen LogP contribution >= 0.6 is 0 Å². The van der Waals surface area contributed by atoms with E-state index in [0.717, 1.165) is 0 Å². The highest BCUT2D eigenvalue weighted by molar-refractivity contribution is 6.11. The smallest absolute Gasteiger partial charge is 0.00301 e. The molecule has 0 amide bonds. The molecule has 0 spiro atoms. The normalized spacial score (nSPS) is 12.8. The topological polar surface area (TPSA) is 0 Å². The van der Waals surface area contributed by atoms with E-state index in [1.54, 1.807) is 0 Å². The summed E-state index contributed by atoms with van der Waals surface area (Å²) < 4.78 is 0. The van der Waals surface area contributed by atoms with E-state index in [2.05, 4.69) is 63.2 Å². The van der Waals surface area contributed by atoms with Gasteiger partial charge in [-0.3, -0.25) is 0 Å². The van der Waals surface area contributed by atoms with Crippen molar-refractivity contribution in [2.45, 2.75) is 20.8 Å². The van der Waals surface area contributed by atoms with Crippen LogP contribution in [-0.2, 0) is 0 Å². The molecule has 3 rings (SSSR count). The van der Waals surface area contributed by atoms with Crippen molar-refractivity contribution < 1.29 is 0 Å². The molecule has 0 nitrogen and oxygen atoms in total. The lowest BCUT2D eigenvalue weighted by atomic mass is 9.92. The zero-order valence-electron chi connectivity index (χ0n) is 10.5. The van der Waals surface area contributed by atoms with Crippen LogP contribution in [0.5, 0.6) is 0 Å². The maximum absolute atomic E-state index is 2.23. The van der Waals surface area contributed by atoms with Crippen LogP contribution in [-0.4, -0.2) is 0 Å². The minimum atomic E-state index is 1.34. The minimum absolute atomic E-state index is 1.34. The summed E-state index contributed by atoms with van der Waals surface area (Å²) >= 11 is 0. The Bertz CT molecular complexity index is 758. The van der Waals surface area contributed by atoms with E-state index >= 15 is 0 Å². The molecule has 0 heteroatoms. The van der Waals surface area contributed by atoms with Gasteiger partial charge in [0.1, 0.15) is 0 Å². The third kappa shape index (κ3) is 1.30. The van der Waals surface area contributed by atoms with Gasteiger partial charge in [-0.1, -0.05) is 42.5 Å². The third-order valence-corrected chi connectivity index (χ3v) is 3.85. The van der Waals surface area contributed by atoms with Gasteiger partial charge in [-0.25, -0.2) is 0 Å². The predicted molar refractivity (Wildman–Crippen MR) is 76.3 cm³/mol. The number of benzene rings is 3. The minimum Gasteiger partial charge on any atom is -0.0795 e. The lowest BCUT2D eigenvalue weighted by molar-refractivity contribution is 1.35. The predicted octanol–water partition coefficient (Wildman–Crippen LogP) is 4.13. The second-order valence-electron chi connectivity index (χ2n) is 4.66. The molecule has 3 aromatic rings. The first kappa shape index (κ1) is 10.3. The molecule has 0 radical (unpaired) electrons. The fourth-order valence-corrected chi connectivity index (χ4v) is 2.86. The Kier molecular flexibility index (Phi) is 2.19. The molecule has 0 aliphatic heterocycles. The number of hydrogen-bond donors (Lipinski definition) is 0. The maximum Gasteiger partial charge on any atom is -0.00301 e. The first-order chi connectivity index (χ1) is 8.24. The first-order valence-corrected chi connectivity index (χ1v) is 6.10. The van der Waals surface area contributed by atoms with Gasteiger partial charge < -0.3 is 0 Å². The summed E-state index contributed by atoms with van der Waals surface area (Å²) in [4.78, 5) is 0. The number of rotatable bonds is 0. The quantitative estimate of drug-likeness (QED) is 0.534. The van der Waals surface area contributed by atoms with Crippen molar-refractivity contribution in [3.05, 3.63) is 52.7 Å². The van der Waals surface area contributed by atoms with E-state index in [1.807, 2.05) is 0 Å². The van der Waals surface area contributed by atoms with Gasteiger partial charge in [0.05, 0.1) is 0 Å². The summed E-state index contributed by atoms with van der Waals surface area (Å²) in [5.74, 6) is 0. The zero-order valence-corrected chi connectivity index (χ0v) is 10.5. The van der Waals surface area contributed by atoms with Crippen molar-refractivity contribution in [2.24, 2.45) is 0 Å². The van der Waals surface area contributed by atoms with Gasteiger partial charge >= 0.3 is 0 Å². The summed E-state index contributed by atoms with van der Waals surface area (Å²) in [5, 5.41) is 6.90. The first-order valence-electron chi connectivity index (χ1n) is 6.10. The van der Waals surface area contributed by atoms with Gasteiger partial charge in [0.15, 0.2) is 0 Å². The fourth-order valence-electron chi connectivity index (χ4n) is 2.86. The molecule has 17 heavy (non-hydrogen) atoms. The van der Waals surface area contributed by atoms with E-state index in [-0.39, 0.29) is 0 Å². The van der Waals surface area contributed by atoms with Gasteiger partial charge in [-0.15, -0.1) is 0 Å². The monoisotopic (exact) mass is 220 g/mol. The average molecular weight is 220 g/mol. The number of aryl methyl sites for hydroxylation is 1. The molecule has 0 aliphatic carbocycles. The summed E-state index contributed by atoms with van der Waals surface area (Å²) in [6.07, 6.45) is 2.23. The van der Waals surface area contributed by atoms with Crippen LogP contribution in [0.1, 0.15) is 18.1 Å². The van der Waals surface area contributed by atoms with Crippen LogP contribution in [0.25, 0.3) is 27.6 Å². The average Bonchev–Trinajstić information content (AvgIpc) is 2.37. The Morgan fingerprint density at radius 1 is 0.824 bits per heavy atom. The van der Waals surface area contributed by atoms with Crippen molar-refractivity contribution in [3.8, 4) is 0 Å². The molecule has 0 bridgehead atoms. The lowest BCUT2D eigenvalue weighted by Gasteiger charge is -2.12.